The maximum absolute atomic E-state index is 15.1. The van der Waals surface area contributed by atoms with Gasteiger partial charge in [-0.05, 0) is 63.3 Å². The number of carbonyl (C=O) groups is 2. The molecule has 0 radical (unpaired) electrons. The van der Waals surface area contributed by atoms with Crippen molar-refractivity contribution in [2.45, 2.75) is 25.8 Å². The Kier molecular flexibility index (Phi) is 8.21. The van der Waals surface area contributed by atoms with E-state index in [2.05, 4.69) is 15.2 Å². The highest BCUT2D eigenvalue weighted by molar-refractivity contribution is 5.98. The van der Waals surface area contributed by atoms with Crippen molar-refractivity contribution in [3.63, 3.8) is 0 Å². The minimum Gasteiger partial charge on any atom is -0.454 e. The number of pyridine rings is 1. The standard InChI is InChI=1S/C31H33FN6O4/c1-20-29(30(40)38(36(20)4)22-8-6-5-7-9-22)26(39)17-21-10-11-27(25(32)16-21)42-24-12-14-33-28(18-24)34-31(41)37-15-13-23(19-37)35(2)3/h5-12,14,16,18,23H,13,15,17,19H2,1-4H3,(H,33,34,41)/t23-/m1/s1. The van der Waals surface area contributed by atoms with E-state index in [4.69, 9.17) is 4.74 Å². The second-order valence-corrected chi connectivity index (χ2v) is 10.6. The van der Waals surface area contributed by atoms with E-state index in [1.807, 2.05) is 32.3 Å². The second-order valence-electron chi connectivity index (χ2n) is 10.6. The number of Topliss-reactive ketones (excluding diaryl/α,β-unsaturated/α-hetero) is 1. The van der Waals surface area contributed by atoms with E-state index in [-0.39, 0.29) is 35.3 Å². The average Bonchev–Trinajstić information content (AvgIpc) is 3.54. The quantitative estimate of drug-likeness (QED) is 0.314. The molecule has 11 heteroatoms. The number of benzene rings is 2. The van der Waals surface area contributed by atoms with Gasteiger partial charge in [-0.15, -0.1) is 0 Å². The number of para-hydroxylation sites is 1. The summed E-state index contributed by atoms with van der Waals surface area (Å²) in [6.07, 6.45) is 2.21. The smallest absolute Gasteiger partial charge is 0.323 e. The van der Waals surface area contributed by atoms with Crippen LogP contribution in [0.25, 0.3) is 5.69 Å². The topological polar surface area (TPSA) is 102 Å². The highest BCUT2D eigenvalue weighted by Gasteiger charge is 2.28. The molecule has 1 fully saturated rings. The molecule has 0 aliphatic carbocycles. The van der Waals surface area contributed by atoms with E-state index in [0.29, 0.717) is 36.1 Å². The zero-order valence-corrected chi connectivity index (χ0v) is 24.0. The normalized spacial score (nSPS) is 14.8. The van der Waals surface area contributed by atoms with Crippen molar-refractivity contribution in [2.24, 2.45) is 7.05 Å². The fraction of sp³-hybridized carbons (Fsp3) is 0.290. The first-order valence-corrected chi connectivity index (χ1v) is 13.6. The Bertz CT molecular complexity index is 1680. The molecule has 2 amide bonds. The lowest BCUT2D eigenvalue weighted by atomic mass is 10.0. The number of hydrogen-bond acceptors (Lipinski definition) is 6. The van der Waals surface area contributed by atoms with E-state index in [1.54, 1.807) is 47.8 Å². The molecule has 0 spiro atoms. The molecule has 1 aliphatic rings. The van der Waals surface area contributed by atoms with Gasteiger partial charge >= 0.3 is 6.03 Å². The third kappa shape index (κ3) is 5.96. The predicted molar refractivity (Wildman–Crippen MR) is 157 cm³/mol. The molecule has 0 unspecified atom stereocenters. The Labute approximate surface area is 242 Å². The second kappa shape index (κ2) is 12.0. The number of hydrogen-bond donors (Lipinski definition) is 1. The van der Waals surface area contributed by atoms with Gasteiger partial charge in [0, 0.05) is 50.6 Å². The molecule has 0 bridgehead atoms. The van der Waals surface area contributed by atoms with Crippen molar-refractivity contribution in [3.05, 3.63) is 99.9 Å². The van der Waals surface area contributed by atoms with Gasteiger partial charge in [-0.25, -0.2) is 18.9 Å². The molecule has 1 atom stereocenters. The average molecular weight is 573 g/mol. The molecular weight excluding hydrogens is 539 g/mol. The number of halogens is 1. The number of nitrogens with zero attached hydrogens (tertiary/aromatic N) is 5. The number of likely N-dealkylation sites (tertiary alicyclic amines) is 1. The zero-order valence-electron chi connectivity index (χ0n) is 24.0. The third-order valence-electron chi connectivity index (χ3n) is 7.57. The van der Waals surface area contributed by atoms with Crippen LogP contribution in [0.3, 0.4) is 0 Å². The summed E-state index contributed by atoms with van der Waals surface area (Å²) < 4.78 is 23.9. The molecule has 1 aliphatic heterocycles. The summed E-state index contributed by atoms with van der Waals surface area (Å²) in [6.45, 7) is 2.99. The van der Waals surface area contributed by atoms with Crippen LogP contribution in [0, 0.1) is 12.7 Å². The molecule has 1 saturated heterocycles. The first-order chi connectivity index (χ1) is 20.1. The Morgan fingerprint density at radius 2 is 1.88 bits per heavy atom. The first-order valence-electron chi connectivity index (χ1n) is 13.6. The van der Waals surface area contributed by atoms with Crippen molar-refractivity contribution in [1.82, 2.24) is 24.1 Å². The SMILES string of the molecule is Cc1c(C(=O)Cc2ccc(Oc3ccnc(NC(=O)N4CC[C@@H](N(C)C)C4)c3)c(F)c2)c(=O)n(-c2ccccc2)n1C. The minimum atomic E-state index is -0.666. The lowest BCUT2D eigenvalue weighted by Gasteiger charge is -2.20. The lowest BCUT2D eigenvalue weighted by molar-refractivity contribution is 0.0991. The predicted octanol–water partition coefficient (Wildman–Crippen LogP) is 4.40. The van der Waals surface area contributed by atoms with Crippen LogP contribution in [0.5, 0.6) is 11.5 Å². The molecule has 0 saturated carbocycles. The molecule has 2 aromatic carbocycles. The van der Waals surface area contributed by atoms with Crippen molar-refractivity contribution in [1.29, 1.82) is 0 Å². The number of carbonyl (C=O) groups excluding carboxylic acids is 2. The summed E-state index contributed by atoms with van der Waals surface area (Å²) in [7, 11) is 5.70. The molecule has 10 nitrogen and oxygen atoms in total. The summed E-state index contributed by atoms with van der Waals surface area (Å²) in [6, 6.07) is 16.4. The van der Waals surface area contributed by atoms with Crippen LogP contribution in [0.15, 0.2) is 71.7 Å². The lowest BCUT2D eigenvalue weighted by Crippen LogP contribution is -2.37. The number of urea groups is 1. The van der Waals surface area contributed by atoms with Crippen molar-refractivity contribution in [3.8, 4) is 17.2 Å². The van der Waals surface area contributed by atoms with Gasteiger partial charge in [-0.2, -0.15) is 0 Å². The van der Waals surface area contributed by atoms with Crippen molar-refractivity contribution >= 4 is 17.6 Å². The van der Waals surface area contributed by atoms with Gasteiger partial charge in [-0.3, -0.25) is 19.6 Å². The van der Waals surface area contributed by atoms with Crippen molar-refractivity contribution < 1.29 is 18.7 Å². The molecular formula is C31H33FN6O4. The van der Waals surface area contributed by atoms with Crippen molar-refractivity contribution in [2.75, 3.05) is 32.5 Å². The number of rotatable bonds is 8. The molecule has 218 valence electrons. The van der Waals surface area contributed by atoms with E-state index >= 15 is 4.39 Å². The Morgan fingerprint density at radius 3 is 2.57 bits per heavy atom. The summed E-state index contributed by atoms with van der Waals surface area (Å²) >= 11 is 0. The fourth-order valence-corrected chi connectivity index (χ4v) is 5.11. The molecule has 2 aromatic heterocycles. The van der Waals surface area contributed by atoms with Gasteiger partial charge in [0.15, 0.2) is 17.3 Å². The largest absolute Gasteiger partial charge is 0.454 e. The maximum atomic E-state index is 15.1. The Balaban J connectivity index is 1.26. The highest BCUT2D eigenvalue weighted by Crippen LogP contribution is 2.27. The van der Waals surface area contributed by atoms with E-state index in [1.165, 1.54) is 29.1 Å². The molecule has 5 rings (SSSR count). The summed E-state index contributed by atoms with van der Waals surface area (Å²) in [5.74, 6) is -0.545. The third-order valence-corrected chi connectivity index (χ3v) is 7.57. The zero-order chi connectivity index (χ0) is 30.0. The maximum Gasteiger partial charge on any atom is 0.323 e. The van der Waals surface area contributed by atoms with Crippen LogP contribution < -0.4 is 15.6 Å². The van der Waals surface area contributed by atoms with Gasteiger partial charge in [0.2, 0.25) is 0 Å². The first kappa shape index (κ1) is 28.7. The number of nitrogens with one attached hydrogen (secondary N) is 1. The van der Waals surface area contributed by atoms with Crippen LogP contribution >= 0.6 is 0 Å². The summed E-state index contributed by atoms with van der Waals surface area (Å²) in [5, 5.41) is 2.77. The highest BCUT2D eigenvalue weighted by atomic mass is 19.1. The molecule has 42 heavy (non-hydrogen) atoms. The molecule has 4 aromatic rings. The molecule has 3 heterocycles. The number of ether oxygens (including phenoxy) is 1. The number of amides is 2. The van der Waals surface area contributed by atoms with Crippen LogP contribution in [0.4, 0.5) is 15.0 Å². The van der Waals surface area contributed by atoms with Crippen LogP contribution in [-0.4, -0.2) is 69.2 Å². The Hall–Kier alpha value is -4.77. The molecule has 1 N–H and O–H groups in total. The van der Waals surface area contributed by atoms with Crippen LogP contribution in [0.2, 0.25) is 0 Å². The number of ketones is 1. The van der Waals surface area contributed by atoms with Gasteiger partial charge in [0.05, 0.1) is 5.69 Å². The van der Waals surface area contributed by atoms with Crippen LogP contribution in [0.1, 0.15) is 28.0 Å². The van der Waals surface area contributed by atoms with Gasteiger partial charge in [0.25, 0.3) is 5.56 Å². The van der Waals surface area contributed by atoms with Gasteiger partial charge < -0.3 is 14.5 Å². The summed E-state index contributed by atoms with van der Waals surface area (Å²) in [5.41, 5.74) is 1.22. The number of likely N-dealkylation sites (N-methyl/N-ethyl adjacent to an activating group) is 1. The number of aromatic nitrogens is 3. The van der Waals surface area contributed by atoms with Gasteiger partial charge in [0.1, 0.15) is 17.1 Å². The summed E-state index contributed by atoms with van der Waals surface area (Å²) in [4.78, 5) is 47.0. The van der Waals surface area contributed by atoms with E-state index in [0.717, 1.165) is 6.42 Å². The monoisotopic (exact) mass is 572 g/mol. The number of anilines is 1. The fourth-order valence-electron chi connectivity index (χ4n) is 5.11. The van der Waals surface area contributed by atoms with E-state index < -0.39 is 17.2 Å². The van der Waals surface area contributed by atoms with E-state index in [9.17, 15) is 14.4 Å². The Morgan fingerprint density at radius 1 is 1.12 bits per heavy atom. The van der Waals surface area contributed by atoms with Crippen LogP contribution in [-0.2, 0) is 13.5 Å². The van der Waals surface area contributed by atoms with Gasteiger partial charge in [-0.1, -0.05) is 24.3 Å². The minimum absolute atomic E-state index is 0.0506.